The molecule has 210 valence electrons. The van der Waals surface area contributed by atoms with Crippen molar-refractivity contribution in [2.45, 2.75) is 26.8 Å². The number of carbonyl (C=O) groups excluding carboxylic acids is 2. The molecule has 3 heterocycles. The van der Waals surface area contributed by atoms with Crippen molar-refractivity contribution in [3.8, 4) is 11.5 Å². The van der Waals surface area contributed by atoms with Crippen LogP contribution >= 0.6 is 11.3 Å². The standard InChI is InChI=1S/C26H25N3O10S/c1-5-36-18-11-15(7-9-17(18)38-13-21(30)35-4)23-22(25(32)37-6-2)14(3)27-26-28(23)24(31)19(40-26)12-16-8-10-20(39-16)29(33)34/h7-12,23H,5-6,13H2,1-4H3/b19-12-/t23-/m0/s1. The number of allylic oxidation sites excluding steroid dienone is 1. The highest BCUT2D eigenvalue weighted by atomic mass is 32.1. The summed E-state index contributed by atoms with van der Waals surface area (Å²) in [4.78, 5) is 53.5. The molecule has 1 aliphatic heterocycles. The number of fused-ring (bicyclic) bond motifs is 1. The summed E-state index contributed by atoms with van der Waals surface area (Å²) < 4.78 is 27.9. The summed E-state index contributed by atoms with van der Waals surface area (Å²) in [6, 6.07) is 6.45. The summed E-state index contributed by atoms with van der Waals surface area (Å²) in [5.41, 5.74) is 0.507. The van der Waals surface area contributed by atoms with Crippen molar-refractivity contribution in [1.82, 2.24) is 4.57 Å². The van der Waals surface area contributed by atoms with Crippen LogP contribution in [0.25, 0.3) is 6.08 Å². The number of methoxy groups -OCH3 is 1. The van der Waals surface area contributed by atoms with Gasteiger partial charge in [-0.2, -0.15) is 0 Å². The number of esters is 2. The van der Waals surface area contributed by atoms with Crippen molar-refractivity contribution >= 4 is 35.2 Å². The number of thiazole rings is 1. The van der Waals surface area contributed by atoms with Gasteiger partial charge in [-0.3, -0.25) is 19.5 Å². The highest BCUT2D eigenvalue weighted by molar-refractivity contribution is 7.07. The summed E-state index contributed by atoms with van der Waals surface area (Å²) in [6.07, 6.45) is 1.38. The van der Waals surface area contributed by atoms with Gasteiger partial charge in [0.1, 0.15) is 10.7 Å². The van der Waals surface area contributed by atoms with Crippen molar-refractivity contribution in [2.75, 3.05) is 26.9 Å². The van der Waals surface area contributed by atoms with Crippen LogP contribution in [0.5, 0.6) is 11.5 Å². The molecule has 0 saturated carbocycles. The highest BCUT2D eigenvalue weighted by Gasteiger charge is 2.34. The Hall–Kier alpha value is -4.72. The van der Waals surface area contributed by atoms with Gasteiger partial charge >= 0.3 is 17.8 Å². The van der Waals surface area contributed by atoms with E-state index in [1.54, 1.807) is 39.0 Å². The molecule has 0 radical (unpaired) electrons. The van der Waals surface area contributed by atoms with Crippen LogP contribution in [0.15, 0.2) is 55.8 Å². The number of carbonyl (C=O) groups is 2. The van der Waals surface area contributed by atoms with E-state index in [1.807, 2.05) is 0 Å². The molecule has 14 heteroatoms. The fourth-order valence-corrected chi connectivity index (χ4v) is 5.06. The average molecular weight is 572 g/mol. The fourth-order valence-electron chi connectivity index (χ4n) is 4.03. The van der Waals surface area contributed by atoms with Gasteiger partial charge in [0.05, 0.1) is 48.2 Å². The largest absolute Gasteiger partial charge is 0.490 e. The molecule has 0 aliphatic carbocycles. The zero-order chi connectivity index (χ0) is 29.0. The van der Waals surface area contributed by atoms with Crippen LogP contribution in [-0.4, -0.2) is 48.4 Å². The fraction of sp³-hybridized carbons (Fsp3) is 0.308. The molecule has 1 atom stereocenters. The van der Waals surface area contributed by atoms with Gasteiger partial charge in [-0.05, 0) is 44.5 Å². The number of hydrogen-bond acceptors (Lipinski definition) is 12. The van der Waals surface area contributed by atoms with Crippen molar-refractivity contribution in [3.05, 3.63) is 82.7 Å². The van der Waals surface area contributed by atoms with Gasteiger partial charge in [0.15, 0.2) is 22.9 Å². The van der Waals surface area contributed by atoms with E-state index < -0.39 is 34.3 Å². The molecular weight excluding hydrogens is 546 g/mol. The average Bonchev–Trinajstić information content (AvgIpc) is 3.51. The first-order valence-corrected chi connectivity index (χ1v) is 12.9. The van der Waals surface area contributed by atoms with Crippen LogP contribution in [-0.2, 0) is 19.1 Å². The van der Waals surface area contributed by atoms with Crippen molar-refractivity contribution in [1.29, 1.82) is 0 Å². The number of furan rings is 1. The lowest BCUT2D eigenvalue weighted by Gasteiger charge is -2.25. The van der Waals surface area contributed by atoms with Gasteiger partial charge < -0.3 is 23.4 Å². The van der Waals surface area contributed by atoms with E-state index in [4.69, 9.17) is 18.6 Å². The Morgan fingerprint density at radius 2 is 1.95 bits per heavy atom. The van der Waals surface area contributed by atoms with E-state index in [-0.39, 0.29) is 47.2 Å². The maximum atomic E-state index is 13.7. The monoisotopic (exact) mass is 571 g/mol. The topological polar surface area (TPSA) is 162 Å². The lowest BCUT2D eigenvalue weighted by atomic mass is 9.95. The van der Waals surface area contributed by atoms with Gasteiger partial charge in [0.2, 0.25) is 0 Å². The van der Waals surface area contributed by atoms with E-state index in [0.717, 1.165) is 11.3 Å². The Kier molecular flexibility index (Phi) is 8.48. The number of benzene rings is 1. The maximum absolute atomic E-state index is 13.7. The van der Waals surface area contributed by atoms with Gasteiger partial charge in [0.25, 0.3) is 5.56 Å². The third-order valence-electron chi connectivity index (χ3n) is 5.74. The van der Waals surface area contributed by atoms with E-state index in [0.29, 0.717) is 16.1 Å². The third-order valence-corrected chi connectivity index (χ3v) is 6.72. The predicted molar refractivity (Wildman–Crippen MR) is 141 cm³/mol. The first kappa shape index (κ1) is 28.3. The second kappa shape index (κ2) is 12.0. The van der Waals surface area contributed by atoms with Crippen LogP contribution in [0.4, 0.5) is 5.88 Å². The minimum atomic E-state index is -0.947. The zero-order valence-corrected chi connectivity index (χ0v) is 22.8. The third kappa shape index (κ3) is 5.66. The summed E-state index contributed by atoms with van der Waals surface area (Å²) in [7, 11) is 1.24. The van der Waals surface area contributed by atoms with Crippen LogP contribution in [0.3, 0.4) is 0 Å². The SMILES string of the molecule is CCOC(=O)C1=C(C)N=c2s/c(=C\c3ccc([N+](=O)[O-])o3)c(=O)n2[C@H]1c1ccc(OCC(=O)OC)c(OCC)c1. The predicted octanol–water partition coefficient (Wildman–Crippen LogP) is 2.25. The minimum absolute atomic E-state index is 0.106. The molecule has 0 spiro atoms. The Morgan fingerprint density at radius 1 is 1.18 bits per heavy atom. The Bertz CT molecular complexity index is 1680. The number of aromatic nitrogens is 1. The summed E-state index contributed by atoms with van der Waals surface area (Å²) in [5.74, 6) is -1.03. The summed E-state index contributed by atoms with van der Waals surface area (Å²) >= 11 is 1.04. The molecule has 0 N–H and O–H groups in total. The van der Waals surface area contributed by atoms with Crippen molar-refractivity contribution in [3.63, 3.8) is 0 Å². The zero-order valence-electron chi connectivity index (χ0n) is 22.0. The Labute approximate surface area is 230 Å². The molecule has 0 saturated heterocycles. The maximum Gasteiger partial charge on any atom is 0.433 e. The van der Waals surface area contributed by atoms with E-state index >= 15 is 0 Å². The molecule has 0 unspecified atom stereocenters. The van der Waals surface area contributed by atoms with Crippen LogP contribution in [0.1, 0.15) is 38.1 Å². The van der Waals surface area contributed by atoms with E-state index in [1.165, 1.54) is 29.9 Å². The number of rotatable bonds is 10. The Morgan fingerprint density at radius 3 is 2.60 bits per heavy atom. The number of hydrogen-bond donors (Lipinski definition) is 0. The van der Waals surface area contributed by atoms with E-state index in [2.05, 4.69) is 9.73 Å². The quantitative estimate of drug-likeness (QED) is 0.200. The van der Waals surface area contributed by atoms with Gasteiger partial charge in [-0.25, -0.2) is 14.6 Å². The molecule has 2 aromatic heterocycles. The molecule has 4 rings (SSSR count). The molecule has 1 aromatic carbocycles. The van der Waals surface area contributed by atoms with Crippen molar-refractivity contribution in [2.24, 2.45) is 4.99 Å². The second-order valence-corrected chi connectivity index (χ2v) is 9.25. The van der Waals surface area contributed by atoms with Gasteiger partial charge in [-0.15, -0.1) is 0 Å². The minimum Gasteiger partial charge on any atom is -0.490 e. The first-order valence-electron chi connectivity index (χ1n) is 12.1. The lowest BCUT2D eigenvalue weighted by Crippen LogP contribution is -2.40. The lowest BCUT2D eigenvalue weighted by molar-refractivity contribution is -0.402. The number of ether oxygens (including phenoxy) is 4. The molecule has 3 aromatic rings. The van der Waals surface area contributed by atoms with Crippen LogP contribution < -0.4 is 24.4 Å². The molecule has 13 nitrogen and oxygen atoms in total. The highest BCUT2D eigenvalue weighted by Crippen LogP contribution is 2.36. The van der Waals surface area contributed by atoms with Crippen LogP contribution in [0.2, 0.25) is 0 Å². The molecular formula is C26H25N3O10S. The molecule has 0 bridgehead atoms. The van der Waals surface area contributed by atoms with Gasteiger partial charge in [0, 0.05) is 6.08 Å². The smallest absolute Gasteiger partial charge is 0.433 e. The second-order valence-electron chi connectivity index (χ2n) is 8.24. The number of nitro groups is 1. The first-order chi connectivity index (χ1) is 19.2. The number of nitrogens with zero attached hydrogens (tertiary/aromatic N) is 3. The summed E-state index contributed by atoms with van der Waals surface area (Å²) in [6.45, 7) is 5.12. The van der Waals surface area contributed by atoms with E-state index in [9.17, 15) is 24.5 Å². The molecule has 40 heavy (non-hydrogen) atoms. The molecule has 0 fully saturated rings. The molecule has 1 aliphatic rings. The summed E-state index contributed by atoms with van der Waals surface area (Å²) in [5, 5.41) is 11.0. The van der Waals surface area contributed by atoms with Crippen molar-refractivity contribution < 1.29 is 37.9 Å². The van der Waals surface area contributed by atoms with Crippen LogP contribution in [0, 0.1) is 10.1 Å². The van der Waals surface area contributed by atoms with Gasteiger partial charge in [-0.1, -0.05) is 17.4 Å². The molecule has 0 amide bonds. The normalized spacial score (nSPS) is 14.8. The Balaban J connectivity index is 1.88.